The van der Waals surface area contributed by atoms with E-state index in [-0.39, 0.29) is 6.04 Å². The van der Waals surface area contributed by atoms with Crippen LogP contribution in [-0.4, -0.2) is 12.1 Å². The predicted octanol–water partition coefficient (Wildman–Crippen LogP) is 3.70. The first kappa shape index (κ1) is 14.0. The number of hydrogen-bond donors (Lipinski definition) is 1. The van der Waals surface area contributed by atoms with Gasteiger partial charge in [0.25, 0.3) is 0 Å². The van der Waals surface area contributed by atoms with E-state index in [0.29, 0.717) is 0 Å². The number of aromatic nitrogens is 1. The van der Waals surface area contributed by atoms with E-state index in [1.165, 1.54) is 5.56 Å². The second-order valence-corrected chi connectivity index (χ2v) is 5.30. The van der Waals surface area contributed by atoms with Crippen LogP contribution in [-0.2, 0) is 6.54 Å². The maximum absolute atomic E-state index is 5.16. The van der Waals surface area contributed by atoms with Crippen LogP contribution in [0.2, 0.25) is 0 Å². The fourth-order valence-electron chi connectivity index (χ4n) is 1.83. The van der Waals surface area contributed by atoms with Crippen molar-refractivity contribution in [3.8, 4) is 5.75 Å². The highest BCUT2D eigenvalue weighted by Crippen LogP contribution is 2.18. The molecule has 2 rings (SSSR count). The van der Waals surface area contributed by atoms with Gasteiger partial charge >= 0.3 is 0 Å². The molecule has 19 heavy (non-hydrogen) atoms. The number of nitrogens with zero attached hydrogens (tertiary/aromatic N) is 1. The van der Waals surface area contributed by atoms with Gasteiger partial charge in [0.05, 0.1) is 7.11 Å². The van der Waals surface area contributed by atoms with E-state index in [9.17, 15) is 0 Å². The van der Waals surface area contributed by atoms with Gasteiger partial charge in [-0.2, -0.15) is 0 Å². The summed E-state index contributed by atoms with van der Waals surface area (Å²) in [5, 5.41) is 3.48. The zero-order chi connectivity index (χ0) is 13.7. The Balaban J connectivity index is 1.95. The highest BCUT2D eigenvalue weighted by molar-refractivity contribution is 9.10. The van der Waals surface area contributed by atoms with Crippen molar-refractivity contribution < 1.29 is 4.74 Å². The van der Waals surface area contributed by atoms with Crippen LogP contribution >= 0.6 is 15.9 Å². The van der Waals surface area contributed by atoms with Gasteiger partial charge in [0.2, 0.25) is 0 Å². The van der Waals surface area contributed by atoms with Gasteiger partial charge in [-0.1, -0.05) is 12.1 Å². The first-order chi connectivity index (χ1) is 9.19. The lowest BCUT2D eigenvalue weighted by molar-refractivity contribution is 0.414. The molecule has 0 aliphatic heterocycles. The summed E-state index contributed by atoms with van der Waals surface area (Å²) in [7, 11) is 1.68. The largest absolute Gasteiger partial charge is 0.497 e. The molecule has 1 N–H and O–H groups in total. The summed E-state index contributed by atoms with van der Waals surface area (Å²) < 4.78 is 6.16. The standard InChI is InChI=1S/C15H17BrN2O/c1-11(13-3-5-15(19-2)6-4-13)18-9-12-7-14(16)10-17-8-12/h3-8,10-11,18H,9H2,1-2H3/t11-/m0/s1. The predicted molar refractivity (Wildman–Crippen MR) is 80.2 cm³/mol. The Morgan fingerprint density at radius 3 is 2.63 bits per heavy atom. The Bertz CT molecular complexity index is 528. The van der Waals surface area contributed by atoms with Crippen LogP contribution in [0, 0.1) is 0 Å². The summed E-state index contributed by atoms with van der Waals surface area (Å²) >= 11 is 3.43. The lowest BCUT2D eigenvalue weighted by Crippen LogP contribution is -2.18. The summed E-state index contributed by atoms with van der Waals surface area (Å²) in [4.78, 5) is 4.15. The molecule has 1 heterocycles. The maximum atomic E-state index is 5.16. The van der Waals surface area contributed by atoms with E-state index in [1.54, 1.807) is 13.3 Å². The van der Waals surface area contributed by atoms with Crippen molar-refractivity contribution in [1.82, 2.24) is 10.3 Å². The molecule has 0 fully saturated rings. The van der Waals surface area contributed by atoms with Crippen LogP contribution in [0.3, 0.4) is 0 Å². The molecule has 0 aliphatic rings. The van der Waals surface area contributed by atoms with Gasteiger partial charge in [-0.05, 0) is 52.2 Å². The topological polar surface area (TPSA) is 34.1 Å². The zero-order valence-corrected chi connectivity index (χ0v) is 12.6. The molecule has 0 saturated carbocycles. The van der Waals surface area contributed by atoms with Crippen LogP contribution in [0.5, 0.6) is 5.75 Å². The SMILES string of the molecule is COc1ccc([C@H](C)NCc2cncc(Br)c2)cc1. The molecule has 3 nitrogen and oxygen atoms in total. The van der Waals surface area contributed by atoms with Gasteiger partial charge in [-0.25, -0.2) is 0 Å². The van der Waals surface area contributed by atoms with E-state index in [2.05, 4.69) is 51.4 Å². The Hall–Kier alpha value is -1.39. The maximum Gasteiger partial charge on any atom is 0.118 e. The van der Waals surface area contributed by atoms with Gasteiger partial charge in [0.1, 0.15) is 5.75 Å². The average molecular weight is 321 g/mol. The lowest BCUT2D eigenvalue weighted by atomic mass is 10.1. The van der Waals surface area contributed by atoms with Crippen LogP contribution in [0.25, 0.3) is 0 Å². The van der Waals surface area contributed by atoms with Crippen molar-refractivity contribution in [2.75, 3.05) is 7.11 Å². The van der Waals surface area contributed by atoms with Crippen LogP contribution in [0.1, 0.15) is 24.1 Å². The van der Waals surface area contributed by atoms with Crippen molar-refractivity contribution >= 4 is 15.9 Å². The van der Waals surface area contributed by atoms with E-state index >= 15 is 0 Å². The quantitative estimate of drug-likeness (QED) is 0.912. The van der Waals surface area contributed by atoms with Gasteiger partial charge < -0.3 is 10.1 Å². The van der Waals surface area contributed by atoms with Gasteiger partial charge in [-0.3, -0.25) is 4.98 Å². The van der Waals surface area contributed by atoms with Crippen LogP contribution < -0.4 is 10.1 Å². The second kappa shape index (κ2) is 6.68. The van der Waals surface area contributed by atoms with E-state index < -0.39 is 0 Å². The number of methoxy groups -OCH3 is 1. The van der Waals surface area contributed by atoms with Crippen LogP contribution in [0.4, 0.5) is 0 Å². The number of hydrogen-bond acceptors (Lipinski definition) is 3. The average Bonchev–Trinajstić information content (AvgIpc) is 2.45. The van der Waals surface area contributed by atoms with Crippen molar-refractivity contribution in [2.24, 2.45) is 0 Å². The normalized spacial score (nSPS) is 12.2. The van der Waals surface area contributed by atoms with Crippen LogP contribution in [0.15, 0.2) is 47.2 Å². The number of rotatable bonds is 5. The van der Waals surface area contributed by atoms with E-state index in [1.807, 2.05) is 18.3 Å². The molecule has 0 aliphatic carbocycles. The Labute approximate surface area is 122 Å². The molecule has 0 amide bonds. The summed E-state index contributed by atoms with van der Waals surface area (Å²) in [5.74, 6) is 0.882. The summed E-state index contributed by atoms with van der Waals surface area (Å²) in [5.41, 5.74) is 2.40. The van der Waals surface area contributed by atoms with Crippen molar-refractivity contribution in [3.05, 3.63) is 58.3 Å². The van der Waals surface area contributed by atoms with Gasteiger partial charge in [-0.15, -0.1) is 0 Å². The van der Waals surface area contributed by atoms with Crippen molar-refractivity contribution in [2.45, 2.75) is 19.5 Å². The van der Waals surface area contributed by atoms with Gasteiger partial charge in [0.15, 0.2) is 0 Å². The molecule has 0 unspecified atom stereocenters. The fourth-order valence-corrected chi connectivity index (χ4v) is 2.25. The second-order valence-electron chi connectivity index (χ2n) is 4.39. The Kier molecular flexibility index (Phi) is 4.93. The smallest absolute Gasteiger partial charge is 0.118 e. The molecule has 1 aromatic carbocycles. The molecule has 2 aromatic rings. The minimum absolute atomic E-state index is 0.282. The molecule has 0 bridgehead atoms. The highest BCUT2D eigenvalue weighted by atomic mass is 79.9. The third kappa shape index (κ3) is 4.04. The zero-order valence-electron chi connectivity index (χ0n) is 11.1. The fraction of sp³-hybridized carbons (Fsp3) is 0.267. The summed E-state index contributed by atoms with van der Waals surface area (Å²) in [6.45, 7) is 2.94. The molecule has 1 aromatic heterocycles. The number of ether oxygens (including phenoxy) is 1. The number of nitrogens with one attached hydrogen (secondary N) is 1. The van der Waals surface area contributed by atoms with Gasteiger partial charge in [0, 0.05) is 29.5 Å². The highest BCUT2D eigenvalue weighted by Gasteiger charge is 2.05. The minimum atomic E-state index is 0.282. The van der Waals surface area contributed by atoms with Crippen molar-refractivity contribution in [3.63, 3.8) is 0 Å². The first-order valence-electron chi connectivity index (χ1n) is 6.16. The molecule has 0 spiro atoms. The number of pyridine rings is 1. The van der Waals surface area contributed by atoms with Crippen molar-refractivity contribution in [1.29, 1.82) is 0 Å². The van der Waals surface area contributed by atoms with E-state index in [0.717, 1.165) is 22.3 Å². The minimum Gasteiger partial charge on any atom is -0.497 e. The lowest BCUT2D eigenvalue weighted by Gasteiger charge is -2.14. The Morgan fingerprint density at radius 1 is 1.26 bits per heavy atom. The number of benzene rings is 1. The Morgan fingerprint density at radius 2 is 2.00 bits per heavy atom. The molecule has 4 heteroatoms. The monoisotopic (exact) mass is 320 g/mol. The summed E-state index contributed by atoms with van der Waals surface area (Å²) in [6.07, 6.45) is 3.66. The summed E-state index contributed by atoms with van der Waals surface area (Å²) in [6, 6.07) is 10.5. The molecular formula is C15H17BrN2O. The molecular weight excluding hydrogens is 304 g/mol. The van der Waals surface area contributed by atoms with E-state index in [4.69, 9.17) is 4.74 Å². The molecule has 100 valence electrons. The molecule has 0 radical (unpaired) electrons. The molecule has 1 atom stereocenters. The molecule has 0 saturated heterocycles. The first-order valence-corrected chi connectivity index (χ1v) is 6.95. The third-order valence-electron chi connectivity index (χ3n) is 2.99. The third-order valence-corrected chi connectivity index (χ3v) is 3.42. The number of halogens is 1.